The highest BCUT2D eigenvalue weighted by molar-refractivity contribution is 5.89. The Hall–Kier alpha value is -2.83. The smallest absolute Gasteiger partial charge is 0.321 e. The van der Waals surface area contributed by atoms with Gasteiger partial charge in [0.15, 0.2) is 0 Å². The number of piperazine rings is 1. The Labute approximate surface area is 166 Å². The van der Waals surface area contributed by atoms with Gasteiger partial charge in [0.25, 0.3) is 0 Å². The van der Waals surface area contributed by atoms with Crippen LogP contribution in [-0.4, -0.2) is 60.2 Å². The topological polar surface area (TPSA) is 64.6 Å². The average Bonchev–Trinajstić information content (AvgIpc) is 3.29. The van der Waals surface area contributed by atoms with E-state index >= 15 is 0 Å². The Morgan fingerprint density at radius 3 is 2.57 bits per heavy atom. The highest BCUT2D eigenvalue weighted by atomic mass is 16.2. The van der Waals surface area contributed by atoms with Gasteiger partial charge in [-0.3, -0.25) is 0 Å². The van der Waals surface area contributed by atoms with Crippen molar-refractivity contribution in [2.45, 2.75) is 26.2 Å². The number of nitrogens with one attached hydrogen (secondary N) is 1. The molecule has 4 rings (SSSR count). The number of hydrogen-bond acceptors (Lipinski definition) is 5. The number of rotatable bonds is 4. The van der Waals surface area contributed by atoms with Gasteiger partial charge in [-0.1, -0.05) is 19.1 Å². The van der Waals surface area contributed by atoms with E-state index in [1.54, 1.807) is 0 Å². The molecule has 1 N–H and O–H groups in total. The lowest BCUT2D eigenvalue weighted by Crippen LogP contribution is -2.50. The van der Waals surface area contributed by atoms with Crippen LogP contribution >= 0.6 is 0 Å². The van der Waals surface area contributed by atoms with Crippen LogP contribution in [0.4, 0.5) is 22.2 Å². The van der Waals surface area contributed by atoms with E-state index in [0.29, 0.717) is 13.1 Å². The van der Waals surface area contributed by atoms with Crippen LogP contribution in [0.5, 0.6) is 0 Å². The molecular formula is C21H28N6O. The lowest BCUT2D eigenvalue weighted by molar-refractivity contribution is 0.208. The van der Waals surface area contributed by atoms with Gasteiger partial charge in [0.2, 0.25) is 5.95 Å². The van der Waals surface area contributed by atoms with Crippen LogP contribution in [0.15, 0.2) is 36.5 Å². The second kappa shape index (κ2) is 8.46. The SMILES string of the molecule is CCc1cccc(NC(=O)N2CCN(c3ccnc(N4CCCC4)n3)CC2)c1. The summed E-state index contributed by atoms with van der Waals surface area (Å²) in [7, 11) is 0. The van der Waals surface area contributed by atoms with Gasteiger partial charge < -0.3 is 20.0 Å². The van der Waals surface area contributed by atoms with Crippen molar-refractivity contribution >= 4 is 23.5 Å². The summed E-state index contributed by atoms with van der Waals surface area (Å²) in [6.07, 6.45) is 5.22. The van der Waals surface area contributed by atoms with E-state index in [4.69, 9.17) is 4.98 Å². The number of anilines is 3. The molecule has 2 fully saturated rings. The molecule has 0 atom stereocenters. The number of urea groups is 1. The summed E-state index contributed by atoms with van der Waals surface area (Å²) in [6, 6.07) is 9.97. The van der Waals surface area contributed by atoms with Crippen molar-refractivity contribution in [3.8, 4) is 0 Å². The number of aryl methyl sites for hydroxylation is 1. The number of carbonyl (C=O) groups is 1. The summed E-state index contributed by atoms with van der Waals surface area (Å²) >= 11 is 0. The maximum Gasteiger partial charge on any atom is 0.321 e. The molecule has 2 amide bonds. The Bertz CT molecular complexity index is 812. The van der Waals surface area contributed by atoms with Gasteiger partial charge >= 0.3 is 6.03 Å². The van der Waals surface area contributed by atoms with E-state index in [9.17, 15) is 4.79 Å². The van der Waals surface area contributed by atoms with Gasteiger partial charge in [0, 0.05) is 51.2 Å². The summed E-state index contributed by atoms with van der Waals surface area (Å²) in [5.74, 6) is 1.78. The van der Waals surface area contributed by atoms with Gasteiger partial charge in [-0.2, -0.15) is 4.98 Å². The lowest BCUT2D eigenvalue weighted by Gasteiger charge is -2.35. The average molecular weight is 380 g/mol. The van der Waals surface area contributed by atoms with E-state index < -0.39 is 0 Å². The maximum absolute atomic E-state index is 12.6. The molecule has 2 aliphatic heterocycles. The summed E-state index contributed by atoms with van der Waals surface area (Å²) in [5, 5.41) is 3.02. The second-order valence-electron chi connectivity index (χ2n) is 7.37. The van der Waals surface area contributed by atoms with Gasteiger partial charge in [0.05, 0.1) is 0 Å². The molecule has 0 aliphatic carbocycles. The van der Waals surface area contributed by atoms with Gasteiger partial charge in [-0.15, -0.1) is 0 Å². The molecule has 0 spiro atoms. The fraction of sp³-hybridized carbons (Fsp3) is 0.476. The van der Waals surface area contributed by atoms with Crippen molar-refractivity contribution in [2.24, 2.45) is 0 Å². The first-order valence-corrected chi connectivity index (χ1v) is 10.2. The highest BCUT2D eigenvalue weighted by Crippen LogP contribution is 2.20. The Morgan fingerprint density at radius 2 is 1.82 bits per heavy atom. The third kappa shape index (κ3) is 4.18. The summed E-state index contributed by atoms with van der Waals surface area (Å²) < 4.78 is 0. The van der Waals surface area contributed by atoms with Crippen molar-refractivity contribution in [1.82, 2.24) is 14.9 Å². The van der Waals surface area contributed by atoms with Gasteiger partial charge in [0.1, 0.15) is 5.82 Å². The number of aromatic nitrogens is 2. The number of nitrogens with zero attached hydrogens (tertiary/aromatic N) is 5. The zero-order valence-corrected chi connectivity index (χ0v) is 16.5. The van der Waals surface area contributed by atoms with Crippen molar-refractivity contribution in [3.05, 3.63) is 42.1 Å². The van der Waals surface area contributed by atoms with E-state index in [-0.39, 0.29) is 6.03 Å². The number of carbonyl (C=O) groups excluding carboxylic acids is 1. The molecule has 1 aromatic carbocycles. The first-order chi connectivity index (χ1) is 13.7. The van der Waals surface area contributed by atoms with Crippen molar-refractivity contribution < 1.29 is 4.79 Å². The van der Waals surface area contributed by atoms with Crippen molar-refractivity contribution in [2.75, 3.05) is 54.4 Å². The van der Waals surface area contributed by atoms with Crippen LogP contribution in [0.3, 0.4) is 0 Å². The van der Waals surface area contributed by atoms with Gasteiger partial charge in [-0.25, -0.2) is 9.78 Å². The molecule has 1 aromatic heterocycles. The highest BCUT2D eigenvalue weighted by Gasteiger charge is 2.23. The summed E-state index contributed by atoms with van der Waals surface area (Å²) in [4.78, 5) is 28.2. The minimum atomic E-state index is -0.0339. The first-order valence-electron chi connectivity index (χ1n) is 10.2. The normalized spacial score (nSPS) is 17.1. The molecule has 0 bridgehead atoms. The molecule has 2 saturated heterocycles. The van der Waals surface area contributed by atoms with Crippen LogP contribution in [0.2, 0.25) is 0 Å². The monoisotopic (exact) mass is 380 g/mol. The second-order valence-corrected chi connectivity index (χ2v) is 7.37. The van der Waals surface area contributed by atoms with E-state index in [0.717, 1.165) is 50.1 Å². The van der Waals surface area contributed by atoms with Crippen LogP contribution in [0.1, 0.15) is 25.3 Å². The first kappa shape index (κ1) is 18.5. The fourth-order valence-electron chi connectivity index (χ4n) is 3.79. The molecule has 28 heavy (non-hydrogen) atoms. The number of benzene rings is 1. The maximum atomic E-state index is 12.6. The van der Waals surface area contributed by atoms with Crippen molar-refractivity contribution in [3.63, 3.8) is 0 Å². The molecule has 7 nitrogen and oxygen atoms in total. The Balaban J connectivity index is 1.34. The minimum Gasteiger partial charge on any atom is -0.353 e. The van der Waals surface area contributed by atoms with Gasteiger partial charge in [-0.05, 0) is 43.0 Å². The summed E-state index contributed by atoms with van der Waals surface area (Å²) in [5.41, 5.74) is 2.08. The molecular weight excluding hydrogens is 352 g/mol. The molecule has 0 saturated carbocycles. The van der Waals surface area contributed by atoms with Crippen LogP contribution in [-0.2, 0) is 6.42 Å². The molecule has 0 unspecified atom stereocenters. The van der Waals surface area contributed by atoms with Crippen LogP contribution in [0, 0.1) is 0 Å². The predicted octanol–water partition coefficient (Wildman–Crippen LogP) is 2.99. The molecule has 2 aromatic rings. The molecule has 148 valence electrons. The quantitative estimate of drug-likeness (QED) is 0.883. The number of hydrogen-bond donors (Lipinski definition) is 1. The standard InChI is InChI=1S/C21H28N6O/c1-2-17-6-5-7-18(16-17)23-21(28)27-14-12-25(13-15-27)19-8-9-22-20(24-19)26-10-3-4-11-26/h5-9,16H,2-4,10-15H2,1H3,(H,23,28). The largest absolute Gasteiger partial charge is 0.353 e. The van der Waals surface area contributed by atoms with E-state index in [2.05, 4.69) is 33.1 Å². The minimum absolute atomic E-state index is 0.0339. The summed E-state index contributed by atoms with van der Waals surface area (Å²) in [6.45, 7) is 7.11. The van der Waals surface area contributed by atoms with E-state index in [1.165, 1.54) is 18.4 Å². The van der Waals surface area contributed by atoms with Crippen LogP contribution in [0.25, 0.3) is 0 Å². The molecule has 3 heterocycles. The Kier molecular flexibility index (Phi) is 5.60. The molecule has 7 heteroatoms. The lowest BCUT2D eigenvalue weighted by atomic mass is 10.1. The third-order valence-electron chi connectivity index (χ3n) is 5.49. The third-order valence-corrected chi connectivity index (χ3v) is 5.49. The zero-order chi connectivity index (χ0) is 19.3. The molecule has 2 aliphatic rings. The number of amides is 2. The Morgan fingerprint density at radius 1 is 1.04 bits per heavy atom. The fourth-order valence-corrected chi connectivity index (χ4v) is 3.79. The van der Waals surface area contributed by atoms with Crippen molar-refractivity contribution in [1.29, 1.82) is 0 Å². The zero-order valence-electron chi connectivity index (χ0n) is 16.5. The molecule has 0 radical (unpaired) electrons. The predicted molar refractivity (Wildman–Crippen MR) is 112 cm³/mol. The van der Waals surface area contributed by atoms with Crippen LogP contribution < -0.4 is 15.1 Å². The van der Waals surface area contributed by atoms with E-state index in [1.807, 2.05) is 35.4 Å².